The molecule has 1 aliphatic heterocycles. The first-order valence-corrected chi connectivity index (χ1v) is 7.70. The Morgan fingerprint density at radius 1 is 1.42 bits per heavy atom. The van der Waals surface area contributed by atoms with Gasteiger partial charge in [-0.1, -0.05) is 0 Å². The molecule has 0 unspecified atom stereocenters. The van der Waals surface area contributed by atoms with Crippen LogP contribution in [0.1, 0.15) is 12.8 Å². The van der Waals surface area contributed by atoms with Crippen molar-refractivity contribution in [2.75, 3.05) is 32.5 Å². The minimum atomic E-state index is -0.792. The van der Waals surface area contributed by atoms with E-state index in [4.69, 9.17) is 0 Å². The fourth-order valence-electron chi connectivity index (χ4n) is 2.64. The molecule has 7 heteroatoms. The Bertz CT molecular complexity index is 676. The van der Waals surface area contributed by atoms with Gasteiger partial charge in [0.2, 0.25) is 0 Å². The van der Waals surface area contributed by atoms with Crippen LogP contribution < -0.4 is 5.32 Å². The number of nitriles is 1. The van der Waals surface area contributed by atoms with Crippen molar-refractivity contribution in [3.8, 4) is 6.07 Å². The van der Waals surface area contributed by atoms with Gasteiger partial charge in [0.05, 0.1) is 5.69 Å². The molecule has 0 aromatic heterocycles. The quantitative estimate of drug-likeness (QED) is 0.678. The SMILES string of the molecule is CN1CCC(N(C)C(=O)/C(C#N)=C\Nc2ccc(F)cc2F)CC1. The van der Waals surface area contributed by atoms with Crippen LogP contribution in [0.25, 0.3) is 0 Å². The molecule has 0 radical (unpaired) electrons. The van der Waals surface area contributed by atoms with Gasteiger partial charge < -0.3 is 15.1 Å². The summed E-state index contributed by atoms with van der Waals surface area (Å²) in [5.74, 6) is -1.90. The van der Waals surface area contributed by atoms with E-state index in [1.807, 2.05) is 13.1 Å². The molecule has 1 aromatic carbocycles. The van der Waals surface area contributed by atoms with Crippen LogP contribution in [-0.2, 0) is 4.79 Å². The number of hydrogen-bond donors (Lipinski definition) is 1. The largest absolute Gasteiger partial charge is 0.358 e. The van der Waals surface area contributed by atoms with Crippen molar-refractivity contribution in [1.82, 2.24) is 9.80 Å². The van der Waals surface area contributed by atoms with Crippen molar-refractivity contribution < 1.29 is 13.6 Å². The number of nitrogens with one attached hydrogen (secondary N) is 1. The molecule has 0 aliphatic carbocycles. The van der Waals surface area contributed by atoms with Crippen LogP contribution >= 0.6 is 0 Å². The first-order valence-electron chi connectivity index (χ1n) is 7.70. The summed E-state index contributed by atoms with van der Waals surface area (Å²) in [5, 5.41) is 11.8. The summed E-state index contributed by atoms with van der Waals surface area (Å²) in [4.78, 5) is 16.2. The molecule has 0 spiro atoms. The zero-order valence-corrected chi connectivity index (χ0v) is 13.7. The Labute approximate surface area is 140 Å². The van der Waals surface area contributed by atoms with Crippen LogP contribution in [0.2, 0.25) is 0 Å². The summed E-state index contributed by atoms with van der Waals surface area (Å²) in [6.45, 7) is 1.79. The van der Waals surface area contributed by atoms with Crippen LogP contribution in [0.5, 0.6) is 0 Å². The summed E-state index contributed by atoms with van der Waals surface area (Å²) in [6, 6.07) is 4.94. The third-order valence-corrected chi connectivity index (χ3v) is 4.21. The molecule has 1 aromatic rings. The second-order valence-electron chi connectivity index (χ2n) is 5.89. The lowest BCUT2D eigenvalue weighted by molar-refractivity contribution is -0.128. The molecule has 0 bridgehead atoms. The number of benzene rings is 1. The van der Waals surface area contributed by atoms with Gasteiger partial charge in [0.15, 0.2) is 0 Å². The molecule has 24 heavy (non-hydrogen) atoms. The topological polar surface area (TPSA) is 59.4 Å². The normalized spacial score (nSPS) is 16.5. The van der Waals surface area contributed by atoms with E-state index in [9.17, 15) is 18.8 Å². The fourth-order valence-corrected chi connectivity index (χ4v) is 2.64. The highest BCUT2D eigenvalue weighted by molar-refractivity contribution is 5.97. The molecule has 128 valence electrons. The van der Waals surface area contributed by atoms with Crippen LogP contribution in [-0.4, -0.2) is 48.9 Å². The zero-order chi connectivity index (χ0) is 17.7. The molecule has 1 fully saturated rings. The minimum Gasteiger partial charge on any atom is -0.358 e. The Morgan fingerprint density at radius 3 is 2.67 bits per heavy atom. The van der Waals surface area contributed by atoms with Gasteiger partial charge in [0.1, 0.15) is 23.3 Å². The average Bonchev–Trinajstić information content (AvgIpc) is 2.57. The van der Waals surface area contributed by atoms with E-state index < -0.39 is 17.5 Å². The van der Waals surface area contributed by atoms with E-state index >= 15 is 0 Å². The van der Waals surface area contributed by atoms with E-state index in [2.05, 4.69) is 10.2 Å². The summed E-state index contributed by atoms with van der Waals surface area (Å²) >= 11 is 0. The Balaban J connectivity index is 2.06. The van der Waals surface area contributed by atoms with Crippen LogP contribution in [0.4, 0.5) is 14.5 Å². The van der Waals surface area contributed by atoms with E-state index in [1.54, 1.807) is 11.9 Å². The summed E-state index contributed by atoms with van der Waals surface area (Å²) in [7, 11) is 3.70. The number of carbonyl (C=O) groups is 1. The molecular formula is C17H20F2N4O. The molecule has 5 nitrogen and oxygen atoms in total. The lowest BCUT2D eigenvalue weighted by atomic mass is 10.0. The number of hydrogen-bond acceptors (Lipinski definition) is 4. The first kappa shape index (κ1) is 17.9. The van der Waals surface area contributed by atoms with Gasteiger partial charge in [-0.3, -0.25) is 4.79 Å². The second kappa shape index (κ2) is 7.88. The van der Waals surface area contributed by atoms with Gasteiger partial charge >= 0.3 is 0 Å². The maximum absolute atomic E-state index is 13.6. The maximum Gasteiger partial charge on any atom is 0.266 e. The lowest BCUT2D eigenvalue weighted by Crippen LogP contribution is -2.44. The standard InChI is InChI=1S/C17H20F2N4O/c1-22-7-5-14(6-8-22)23(2)17(24)12(10-20)11-21-16-4-3-13(18)9-15(16)19/h3-4,9,11,14,21H,5-8H2,1-2H3/b12-11-. The lowest BCUT2D eigenvalue weighted by Gasteiger charge is -2.34. The van der Waals surface area contributed by atoms with E-state index in [1.165, 1.54) is 6.07 Å². The van der Waals surface area contributed by atoms with Crippen molar-refractivity contribution in [2.45, 2.75) is 18.9 Å². The number of amides is 1. The van der Waals surface area contributed by atoms with Gasteiger partial charge in [-0.15, -0.1) is 0 Å². The Hall–Kier alpha value is -2.46. The average molecular weight is 334 g/mol. The van der Waals surface area contributed by atoms with Crippen molar-refractivity contribution in [1.29, 1.82) is 5.26 Å². The molecular weight excluding hydrogens is 314 g/mol. The zero-order valence-electron chi connectivity index (χ0n) is 13.7. The number of piperidine rings is 1. The predicted molar refractivity (Wildman–Crippen MR) is 87.0 cm³/mol. The molecule has 0 atom stereocenters. The number of carbonyl (C=O) groups excluding carboxylic acids is 1. The van der Waals surface area contributed by atoms with E-state index in [-0.39, 0.29) is 17.3 Å². The molecule has 1 amide bonds. The molecule has 1 heterocycles. The van der Waals surface area contributed by atoms with E-state index in [0.717, 1.165) is 44.3 Å². The highest BCUT2D eigenvalue weighted by Crippen LogP contribution is 2.18. The molecule has 2 rings (SSSR count). The first-order chi connectivity index (χ1) is 11.4. The Morgan fingerprint density at radius 2 is 2.08 bits per heavy atom. The highest BCUT2D eigenvalue weighted by Gasteiger charge is 2.25. The molecule has 1 saturated heterocycles. The second-order valence-corrected chi connectivity index (χ2v) is 5.89. The smallest absolute Gasteiger partial charge is 0.266 e. The number of nitrogens with zero attached hydrogens (tertiary/aromatic N) is 3. The molecule has 1 aliphatic rings. The van der Waals surface area contributed by atoms with Crippen molar-refractivity contribution in [3.05, 3.63) is 41.6 Å². The van der Waals surface area contributed by atoms with Crippen molar-refractivity contribution in [3.63, 3.8) is 0 Å². The van der Waals surface area contributed by atoms with Gasteiger partial charge in [-0.2, -0.15) is 5.26 Å². The number of halogens is 2. The molecule has 1 N–H and O–H groups in total. The summed E-state index contributed by atoms with van der Waals surface area (Å²) in [6.07, 6.45) is 2.85. The third kappa shape index (κ3) is 4.30. The highest BCUT2D eigenvalue weighted by atomic mass is 19.1. The minimum absolute atomic E-state index is 0.00102. The number of rotatable bonds is 4. The molecule has 0 saturated carbocycles. The summed E-state index contributed by atoms with van der Waals surface area (Å²) < 4.78 is 26.5. The van der Waals surface area contributed by atoms with Crippen molar-refractivity contribution in [2.24, 2.45) is 0 Å². The fraction of sp³-hybridized carbons (Fsp3) is 0.412. The predicted octanol–water partition coefficient (Wildman–Crippen LogP) is 2.34. The van der Waals surface area contributed by atoms with Crippen LogP contribution in [0.3, 0.4) is 0 Å². The Kier molecular flexibility index (Phi) is 5.88. The monoisotopic (exact) mass is 334 g/mol. The number of likely N-dealkylation sites (tertiary alicyclic amines) is 1. The summed E-state index contributed by atoms with van der Waals surface area (Å²) in [5.41, 5.74) is -0.126. The third-order valence-electron chi connectivity index (χ3n) is 4.21. The number of anilines is 1. The van der Waals surface area contributed by atoms with Crippen LogP contribution in [0, 0.1) is 23.0 Å². The van der Waals surface area contributed by atoms with Gasteiger partial charge in [-0.25, -0.2) is 8.78 Å². The van der Waals surface area contributed by atoms with Crippen LogP contribution in [0.15, 0.2) is 30.0 Å². The van der Waals surface area contributed by atoms with Gasteiger partial charge in [0, 0.05) is 25.4 Å². The number of likely N-dealkylation sites (N-methyl/N-ethyl adjacent to an activating group) is 1. The van der Waals surface area contributed by atoms with E-state index in [0.29, 0.717) is 0 Å². The van der Waals surface area contributed by atoms with Crippen molar-refractivity contribution >= 4 is 11.6 Å². The van der Waals surface area contributed by atoms with Gasteiger partial charge in [-0.05, 0) is 45.1 Å². The van der Waals surface area contributed by atoms with Gasteiger partial charge in [0.25, 0.3) is 5.91 Å². The maximum atomic E-state index is 13.6.